The van der Waals surface area contributed by atoms with Gasteiger partial charge in [-0.15, -0.1) is 0 Å². The first-order chi connectivity index (χ1) is 7.35. The highest BCUT2D eigenvalue weighted by Gasteiger charge is 2.33. The van der Waals surface area contributed by atoms with Crippen molar-refractivity contribution in [1.82, 2.24) is 0 Å². The Balaban J connectivity index is 1.92. The van der Waals surface area contributed by atoms with Gasteiger partial charge in [-0.05, 0) is 25.0 Å². The van der Waals surface area contributed by atoms with Crippen LogP contribution in [-0.4, -0.2) is 13.2 Å². The van der Waals surface area contributed by atoms with Crippen LogP contribution in [0.25, 0.3) is 0 Å². The van der Waals surface area contributed by atoms with Crippen molar-refractivity contribution in [3.8, 4) is 5.75 Å². The number of hydrogen-bond donors (Lipinski definition) is 1. The second-order valence-corrected chi connectivity index (χ2v) is 4.51. The molecule has 0 amide bonds. The molecule has 0 aromatic heterocycles. The average molecular weight is 205 g/mol. The Morgan fingerprint density at radius 1 is 1.13 bits per heavy atom. The first-order valence-electron chi connectivity index (χ1n) is 5.73. The molecule has 1 aromatic carbocycles. The average Bonchev–Trinajstić information content (AvgIpc) is 2.77. The van der Waals surface area contributed by atoms with Gasteiger partial charge in [-0.2, -0.15) is 0 Å². The van der Waals surface area contributed by atoms with Crippen LogP contribution in [0, 0.1) is 5.41 Å². The van der Waals surface area contributed by atoms with Crippen molar-refractivity contribution in [2.75, 3.05) is 13.2 Å². The second kappa shape index (κ2) is 4.67. The van der Waals surface area contributed by atoms with Crippen LogP contribution in [0.5, 0.6) is 5.75 Å². The number of nitrogens with two attached hydrogens (primary N) is 1. The summed E-state index contributed by atoms with van der Waals surface area (Å²) in [5, 5.41) is 0. The molecule has 0 heterocycles. The van der Waals surface area contributed by atoms with Gasteiger partial charge in [0.15, 0.2) is 0 Å². The molecule has 1 aromatic rings. The first kappa shape index (κ1) is 10.5. The summed E-state index contributed by atoms with van der Waals surface area (Å²) < 4.78 is 5.80. The van der Waals surface area contributed by atoms with E-state index in [2.05, 4.69) is 0 Å². The third kappa shape index (κ3) is 2.51. The first-order valence-corrected chi connectivity index (χ1v) is 5.73. The van der Waals surface area contributed by atoms with Gasteiger partial charge < -0.3 is 10.5 Å². The van der Waals surface area contributed by atoms with Gasteiger partial charge in [0.1, 0.15) is 5.75 Å². The maximum absolute atomic E-state index is 5.85. The number of rotatable bonds is 4. The summed E-state index contributed by atoms with van der Waals surface area (Å²) in [4.78, 5) is 0. The van der Waals surface area contributed by atoms with E-state index in [1.165, 1.54) is 25.7 Å². The Morgan fingerprint density at radius 2 is 1.80 bits per heavy atom. The summed E-state index contributed by atoms with van der Waals surface area (Å²) in [5.41, 5.74) is 6.10. The molecule has 0 unspecified atom stereocenters. The summed E-state index contributed by atoms with van der Waals surface area (Å²) in [7, 11) is 0. The summed E-state index contributed by atoms with van der Waals surface area (Å²) in [6.07, 6.45) is 5.04. The lowest BCUT2D eigenvalue weighted by molar-refractivity contribution is 0.157. The number of para-hydroxylation sites is 1. The maximum Gasteiger partial charge on any atom is 0.119 e. The van der Waals surface area contributed by atoms with Gasteiger partial charge >= 0.3 is 0 Å². The van der Waals surface area contributed by atoms with E-state index in [1.807, 2.05) is 30.3 Å². The largest absolute Gasteiger partial charge is 0.493 e. The van der Waals surface area contributed by atoms with Gasteiger partial charge in [0.05, 0.1) is 6.61 Å². The fourth-order valence-electron chi connectivity index (χ4n) is 2.29. The Kier molecular flexibility index (Phi) is 3.27. The molecule has 0 radical (unpaired) electrons. The highest BCUT2D eigenvalue weighted by molar-refractivity contribution is 5.21. The third-order valence-corrected chi connectivity index (χ3v) is 3.39. The Bertz CT molecular complexity index is 291. The molecule has 2 heteroatoms. The molecule has 0 saturated heterocycles. The van der Waals surface area contributed by atoms with Crippen molar-refractivity contribution in [1.29, 1.82) is 0 Å². The maximum atomic E-state index is 5.85. The molecule has 1 saturated carbocycles. The molecule has 0 spiro atoms. The summed E-state index contributed by atoms with van der Waals surface area (Å²) >= 11 is 0. The lowest BCUT2D eigenvalue weighted by atomic mass is 9.87. The van der Waals surface area contributed by atoms with Gasteiger partial charge in [0, 0.05) is 12.0 Å². The highest BCUT2D eigenvalue weighted by atomic mass is 16.5. The van der Waals surface area contributed by atoms with E-state index in [4.69, 9.17) is 10.5 Å². The molecule has 82 valence electrons. The SMILES string of the molecule is NCC1(COc2ccccc2)CCCC1. The predicted molar refractivity (Wildman–Crippen MR) is 61.9 cm³/mol. The van der Waals surface area contributed by atoms with Gasteiger partial charge in [-0.25, -0.2) is 0 Å². The Labute approximate surface area is 91.4 Å². The van der Waals surface area contributed by atoms with E-state index in [1.54, 1.807) is 0 Å². The van der Waals surface area contributed by atoms with Crippen molar-refractivity contribution in [3.05, 3.63) is 30.3 Å². The zero-order valence-corrected chi connectivity index (χ0v) is 9.11. The molecule has 15 heavy (non-hydrogen) atoms. The molecule has 2 N–H and O–H groups in total. The van der Waals surface area contributed by atoms with Crippen molar-refractivity contribution in [3.63, 3.8) is 0 Å². The topological polar surface area (TPSA) is 35.2 Å². The Hall–Kier alpha value is -1.02. The van der Waals surface area contributed by atoms with Crippen LogP contribution in [0.2, 0.25) is 0 Å². The minimum Gasteiger partial charge on any atom is -0.493 e. The molecule has 1 aliphatic rings. The Morgan fingerprint density at radius 3 is 2.40 bits per heavy atom. The van der Waals surface area contributed by atoms with E-state index < -0.39 is 0 Å². The fourth-order valence-corrected chi connectivity index (χ4v) is 2.29. The number of benzene rings is 1. The zero-order chi connectivity index (χ0) is 10.6. The minimum atomic E-state index is 0.246. The van der Waals surface area contributed by atoms with E-state index in [0.29, 0.717) is 0 Å². The molecule has 1 fully saturated rings. The van der Waals surface area contributed by atoms with Crippen LogP contribution in [0.4, 0.5) is 0 Å². The highest BCUT2D eigenvalue weighted by Crippen LogP contribution is 2.37. The molecular weight excluding hydrogens is 186 g/mol. The van der Waals surface area contributed by atoms with E-state index >= 15 is 0 Å². The van der Waals surface area contributed by atoms with Crippen LogP contribution in [-0.2, 0) is 0 Å². The lowest BCUT2D eigenvalue weighted by Crippen LogP contribution is -2.33. The number of hydrogen-bond acceptors (Lipinski definition) is 2. The lowest BCUT2D eigenvalue weighted by Gasteiger charge is -2.26. The molecule has 0 aliphatic heterocycles. The third-order valence-electron chi connectivity index (χ3n) is 3.39. The van der Waals surface area contributed by atoms with Crippen LogP contribution in [0.1, 0.15) is 25.7 Å². The minimum absolute atomic E-state index is 0.246. The van der Waals surface area contributed by atoms with Gasteiger partial charge in [0.25, 0.3) is 0 Å². The zero-order valence-electron chi connectivity index (χ0n) is 9.11. The van der Waals surface area contributed by atoms with Gasteiger partial charge in [-0.1, -0.05) is 31.0 Å². The van der Waals surface area contributed by atoms with Crippen LogP contribution in [0.3, 0.4) is 0 Å². The molecule has 1 aliphatic carbocycles. The van der Waals surface area contributed by atoms with Gasteiger partial charge in [0.2, 0.25) is 0 Å². The monoisotopic (exact) mass is 205 g/mol. The normalized spacial score (nSPS) is 19.0. The summed E-state index contributed by atoms with van der Waals surface area (Å²) in [6, 6.07) is 10.00. The standard InChI is InChI=1S/C13H19NO/c14-10-13(8-4-5-9-13)11-15-12-6-2-1-3-7-12/h1-3,6-7H,4-5,8-11,14H2. The fraction of sp³-hybridized carbons (Fsp3) is 0.538. The predicted octanol–water partition coefficient (Wildman–Crippen LogP) is 2.58. The molecular formula is C13H19NO. The van der Waals surface area contributed by atoms with Crippen molar-refractivity contribution in [2.45, 2.75) is 25.7 Å². The van der Waals surface area contributed by atoms with Crippen molar-refractivity contribution < 1.29 is 4.74 Å². The summed E-state index contributed by atoms with van der Waals surface area (Å²) in [5.74, 6) is 0.956. The van der Waals surface area contributed by atoms with E-state index in [9.17, 15) is 0 Å². The molecule has 0 bridgehead atoms. The van der Waals surface area contributed by atoms with Crippen molar-refractivity contribution in [2.24, 2.45) is 11.1 Å². The van der Waals surface area contributed by atoms with Crippen LogP contribution >= 0.6 is 0 Å². The molecule has 0 atom stereocenters. The van der Waals surface area contributed by atoms with E-state index in [0.717, 1.165) is 18.9 Å². The number of ether oxygens (including phenoxy) is 1. The molecule has 2 rings (SSSR count). The quantitative estimate of drug-likeness (QED) is 0.820. The van der Waals surface area contributed by atoms with Crippen LogP contribution < -0.4 is 10.5 Å². The summed E-state index contributed by atoms with van der Waals surface area (Å²) in [6.45, 7) is 1.52. The van der Waals surface area contributed by atoms with Gasteiger partial charge in [-0.3, -0.25) is 0 Å². The smallest absolute Gasteiger partial charge is 0.119 e. The van der Waals surface area contributed by atoms with E-state index in [-0.39, 0.29) is 5.41 Å². The van der Waals surface area contributed by atoms with Crippen LogP contribution in [0.15, 0.2) is 30.3 Å². The second-order valence-electron chi connectivity index (χ2n) is 4.51. The van der Waals surface area contributed by atoms with Crippen molar-refractivity contribution >= 4 is 0 Å². The molecule has 2 nitrogen and oxygen atoms in total.